The van der Waals surface area contributed by atoms with Gasteiger partial charge in [-0.15, -0.1) is 11.3 Å². The van der Waals surface area contributed by atoms with Gasteiger partial charge >= 0.3 is 0 Å². The highest BCUT2D eigenvalue weighted by molar-refractivity contribution is 7.26. The van der Waals surface area contributed by atoms with E-state index in [2.05, 4.69) is 101 Å². The van der Waals surface area contributed by atoms with Crippen LogP contribution in [0.4, 0.5) is 0 Å². The summed E-state index contributed by atoms with van der Waals surface area (Å²) in [6, 6.07) is 18.4. The predicted molar refractivity (Wildman–Crippen MR) is 144 cm³/mol. The molecule has 2 aromatic heterocycles. The molecule has 0 saturated carbocycles. The lowest BCUT2D eigenvalue weighted by Gasteiger charge is -2.18. The fraction of sp³-hybridized carbons (Fsp3) is 0.286. The molecule has 0 fully saturated rings. The van der Waals surface area contributed by atoms with E-state index >= 15 is 0 Å². The van der Waals surface area contributed by atoms with Crippen LogP contribution < -0.4 is 5.19 Å². The number of hydrogen-bond donors (Lipinski definition) is 0. The first-order valence-corrected chi connectivity index (χ1v) is 15.6. The van der Waals surface area contributed by atoms with E-state index in [1.54, 1.807) is 6.33 Å². The molecule has 0 aliphatic rings. The number of fused-ring (bicyclic) bond motifs is 4. The molecule has 0 N–H and O–H groups in total. The quantitative estimate of drug-likeness (QED) is 0.254. The molecule has 0 saturated heterocycles. The van der Waals surface area contributed by atoms with E-state index in [-0.39, 0.29) is 5.41 Å². The Morgan fingerprint density at radius 1 is 0.844 bits per heavy atom. The molecule has 5 aromatic rings. The van der Waals surface area contributed by atoms with Crippen LogP contribution in [0.3, 0.4) is 0 Å². The second kappa shape index (κ2) is 7.22. The molecule has 162 valence electrons. The molecule has 5 rings (SSSR count). The number of aryl methyl sites for hydroxylation is 1. The summed E-state index contributed by atoms with van der Waals surface area (Å²) in [7, 11) is -1.38. The van der Waals surface area contributed by atoms with Crippen LogP contribution in [-0.4, -0.2) is 18.0 Å². The maximum atomic E-state index is 4.77. The molecular weight excluding hydrogens is 424 g/mol. The molecule has 0 unspecified atom stereocenters. The van der Waals surface area contributed by atoms with E-state index in [9.17, 15) is 0 Å². The van der Waals surface area contributed by atoms with Gasteiger partial charge in [0.15, 0.2) is 0 Å². The Bertz CT molecular complexity index is 1500. The van der Waals surface area contributed by atoms with Crippen LogP contribution in [-0.2, 0) is 5.41 Å². The molecule has 0 radical (unpaired) electrons. The largest absolute Gasteiger partial charge is 0.235 e. The van der Waals surface area contributed by atoms with Crippen LogP contribution in [0.1, 0.15) is 31.9 Å². The summed E-state index contributed by atoms with van der Waals surface area (Å²) in [5.41, 5.74) is 6.05. The number of aromatic nitrogens is 2. The molecule has 0 aliphatic heterocycles. The first kappa shape index (κ1) is 21.3. The number of thiophene rings is 1. The van der Waals surface area contributed by atoms with Gasteiger partial charge in [-0.2, -0.15) is 0 Å². The van der Waals surface area contributed by atoms with Crippen molar-refractivity contribution < 1.29 is 0 Å². The summed E-state index contributed by atoms with van der Waals surface area (Å²) in [6.45, 7) is 16.2. The maximum absolute atomic E-state index is 4.77. The molecule has 0 spiro atoms. The zero-order chi connectivity index (χ0) is 22.8. The minimum absolute atomic E-state index is 0.127. The summed E-state index contributed by atoms with van der Waals surface area (Å²) in [4.78, 5) is 9.45. The van der Waals surface area contributed by atoms with Crippen molar-refractivity contribution in [3.63, 3.8) is 0 Å². The molecule has 2 heterocycles. The average molecular weight is 455 g/mol. The molecule has 4 heteroatoms. The average Bonchev–Trinajstić information content (AvgIpc) is 3.10. The minimum Gasteiger partial charge on any atom is -0.235 e. The van der Waals surface area contributed by atoms with Crippen molar-refractivity contribution in [2.45, 2.75) is 52.8 Å². The highest BCUT2D eigenvalue weighted by Crippen LogP contribution is 2.40. The third-order valence-corrected chi connectivity index (χ3v) is 9.61. The van der Waals surface area contributed by atoms with Gasteiger partial charge in [0, 0.05) is 15.6 Å². The Labute approximate surface area is 195 Å². The molecule has 0 atom stereocenters. The zero-order valence-corrected chi connectivity index (χ0v) is 21.8. The second-order valence-corrected chi connectivity index (χ2v) is 17.1. The summed E-state index contributed by atoms with van der Waals surface area (Å²) in [6.07, 6.45) is 1.72. The molecule has 2 nitrogen and oxygen atoms in total. The molecule has 3 aromatic carbocycles. The van der Waals surface area contributed by atoms with Gasteiger partial charge in [0.05, 0.1) is 24.0 Å². The van der Waals surface area contributed by atoms with Gasteiger partial charge in [-0.1, -0.05) is 75.9 Å². The van der Waals surface area contributed by atoms with Crippen LogP contribution in [0, 0.1) is 6.92 Å². The Hall–Kier alpha value is -2.56. The van der Waals surface area contributed by atoms with E-state index in [4.69, 9.17) is 4.98 Å². The third kappa shape index (κ3) is 3.56. The fourth-order valence-corrected chi connectivity index (χ4v) is 6.79. The van der Waals surface area contributed by atoms with Gasteiger partial charge in [0.2, 0.25) is 0 Å². The van der Waals surface area contributed by atoms with Crippen molar-refractivity contribution >= 4 is 55.7 Å². The van der Waals surface area contributed by atoms with E-state index in [1.807, 2.05) is 11.3 Å². The Morgan fingerprint density at radius 3 is 2.31 bits per heavy atom. The van der Waals surface area contributed by atoms with Crippen LogP contribution in [0.2, 0.25) is 19.6 Å². The van der Waals surface area contributed by atoms with Crippen molar-refractivity contribution in [1.29, 1.82) is 0 Å². The van der Waals surface area contributed by atoms with E-state index in [1.165, 1.54) is 47.4 Å². The van der Waals surface area contributed by atoms with Crippen molar-refractivity contribution in [1.82, 2.24) is 9.97 Å². The van der Waals surface area contributed by atoms with Gasteiger partial charge in [-0.25, -0.2) is 9.97 Å². The van der Waals surface area contributed by atoms with Crippen LogP contribution >= 0.6 is 11.3 Å². The smallest absolute Gasteiger partial charge is 0.116 e. The first-order valence-electron chi connectivity index (χ1n) is 11.3. The number of hydrogen-bond acceptors (Lipinski definition) is 3. The lowest BCUT2D eigenvalue weighted by Crippen LogP contribution is -2.37. The summed E-state index contributed by atoms with van der Waals surface area (Å²) >= 11 is 1.81. The van der Waals surface area contributed by atoms with E-state index < -0.39 is 8.07 Å². The second-order valence-electron chi connectivity index (χ2n) is 10.9. The summed E-state index contributed by atoms with van der Waals surface area (Å²) in [5.74, 6) is 0. The Kier molecular flexibility index (Phi) is 4.81. The van der Waals surface area contributed by atoms with Crippen LogP contribution in [0.5, 0.6) is 0 Å². The number of rotatable bonds is 2. The van der Waals surface area contributed by atoms with Crippen molar-refractivity contribution in [2.24, 2.45) is 0 Å². The van der Waals surface area contributed by atoms with Gasteiger partial charge in [0.1, 0.15) is 6.33 Å². The van der Waals surface area contributed by atoms with Gasteiger partial charge in [-0.05, 0) is 52.4 Å². The van der Waals surface area contributed by atoms with E-state index in [0.29, 0.717) is 0 Å². The lowest BCUT2D eigenvalue weighted by molar-refractivity contribution is 0.591. The Morgan fingerprint density at radius 2 is 1.59 bits per heavy atom. The molecule has 0 amide bonds. The summed E-state index contributed by atoms with van der Waals surface area (Å²) < 4.78 is 2.46. The predicted octanol–water partition coefficient (Wildman–Crippen LogP) is 7.82. The fourth-order valence-electron chi connectivity index (χ4n) is 4.41. The minimum atomic E-state index is -1.38. The number of nitrogens with zero attached hydrogens (tertiary/aromatic N) is 2. The number of benzene rings is 3. The van der Waals surface area contributed by atoms with Gasteiger partial charge in [-0.3, -0.25) is 0 Å². The van der Waals surface area contributed by atoms with Crippen molar-refractivity contribution in [3.8, 4) is 11.3 Å². The lowest BCUT2D eigenvalue weighted by atomic mass is 9.87. The topological polar surface area (TPSA) is 25.8 Å². The van der Waals surface area contributed by atoms with E-state index in [0.717, 1.165) is 11.2 Å². The Balaban J connectivity index is 1.75. The monoisotopic (exact) mass is 454 g/mol. The van der Waals surface area contributed by atoms with Crippen LogP contribution in [0.25, 0.3) is 42.3 Å². The molecule has 0 aliphatic carbocycles. The highest BCUT2D eigenvalue weighted by atomic mass is 32.1. The normalized spacial score (nSPS) is 12.8. The SMILES string of the molecule is Cc1cc(-c2ncnc3c2sc2cc(C(C)(C)C)ccc23)cc2cc([Si](C)(C)C)ccc12. The molecular formula is C28H30N2SSi. The highest BCUT2D eigenvalue weighted by Gasteiger charge is 2.19. The standard InChI is InChI=1S/C28H30N2SSi/c1-17-12-19(13-18-14-21(32(5,6)7)9-11-22(17)18)25-27-26(30-16-29-25)23-10-8-20(28(2,3)4)15-24(23)31-27/h8-16H,1-7H3. The third-order valence-electron chi connectivity index (χ3n) is 6.42. The molecule has 0 bridgehead atoms. The zero-order valence-electron chi connectivity index (χ0n) is 20.0. The van der Waals surface area contributed by atoms with Crippen LogP contribution in [0.15, 0.2) is 54.9 Å². The first-order chi connectivity index (χ1) is 15.0. The maximum Gasteiger partial charge on any atom is 0.116 e. The van der Waals surface area contributed by atoms with Gasteiger partial charge in [0.25, 0.3) is 0 Å². The van der Waals surface area contributed by atoms with Gasteiger partial charge < -0.3 is 0 Å². The summed E-state index contributed by atoms with van der Waals surface area (Å²) in [5, 5.41) is 5.35. The molecule has 32 heavy (non-hydrogen) atoms. The van der Waals surface area contributed by atoms with Crippen molar-refractivity contribution in [2.75, 3.05) is 0 Å². The van der Waals surface area contributed by atoms with Crippen molar-refractivity contribution in [3.05, 3.63) is 66.0 Å².